The van der Waals surface area contributed by atoms with Gasteiger partial charge in [0.25, 0.3) is 0 Å². The van der Waals surface area contributed by atoms with Crippen LogP contribution in [0.3, 0.4) is 0 Å². The number of fused-ring (bicyclic) bond motifs is 1. The predicted molar refractivity (Wildman–Crippen MR) is 79.3 cm³/mol. The van der Waals surface area contributed by atoms with E-state index in [0.717, 1.165) is 31.5 Å². The van der Waals surface area contributed by atoms with Gasteiger partial charge in [-0.25, -0.2) is 0 Å². The van der Waals surface area contributed by atoms with Gasteiger partial charge in [-0.1, -0.05) is 31.5 Å². The van der Waals surface area contributed by atoms with Crippen LogP contribution in [0, 0.1) is 12.8 Å². The molecule has 3 nitrogen and oxygen atoms in total. The number of carbonyl (C=O) groups excluding carboxylic acids is 1. The van der Waals surface area contributed by atoms with Crippen LogP contribution in [0.25, 0.3) is 0 Å². The van der Waals surface area contributed by atoms with E-state index < -0.39 is 0 Å². The summed E-state index contributed by atoms with van der Waals surface area (Å²) in [6.07, 6.45) is 2.83. The van der Waals surface area contributed by atoms with Gasteiger partial charge in [0.15, 0.2) is 0 Å². The SMILES string of the molecule is Cc1ccc2c(c1)CCCN2C(=O)[C@@H](N)CC(C)C. The van der Waals surface area contributed by atoms with Crippen molar-refractivity contribution >= 4 is 11.6 Å². The third-order valence-corrected chi connectivity index (χ3v) is 3.66. The summed E-state index contributed by atoms with van der Waals surface area (Å²) in [5.74, 6) is 0.514. The Morgan fingerprint density at radius 2 is 2.16 bits per heavy atom. The maximum atomic E-state index is 12.5. The van der Waals surface area contributed by atoms with Crippen molar-refractivity contribution in [1.82, 2.24) is 0 Å². The summed E-state index contributed by atoms with van der Waals surface area (Å²) in [7, 11) is 0. The molecule has 1 aliphatic rings. The molecule has 2 N–H and O–H groups in total. The number of nitrogens with zero attached hydrogens (tertiary/aromatic N) is 1. The smallest absolute Gasteiger partial charge is 0.243 e. The van der Waals surface area contributed by atoms with E-state index in [1.165, 1.54) is 11.1 Å². The van der Waals surface area contributed by atoms with E-state index in [9.17, 15) is 4.79 Å². The summed E-state index contributed by atoms with van der Waals surface area (Å²) < 4.78 is 0. The zero-order valence-corrected chi connectivity index (χ0v) is 12.1. The molecule has 2 rings (SSSR count). The minimum atomic E-state index is -0.382. The fraction of sp³-hybridized carbons (Fsp3) is 0.562. The van der Waals surface area contributed by atoms with Crippen LogP contribution in [0.1, 0.15) is 37.8 Å². The second-order valence-corrected chi connectivity index (χ2v) is 5.96. The summed E-state index contributed by atoms with van der Waals surface area (Å²) >= 11 is 0. The topological polar surface area (TPSA) is 46.3 Å². The van der Waals surface area contributed by atoms with Gasteiger partial charge in [-0.05, 0) is 43.7 Å². The molecule has 0 spiro atoms. The lowest BCUT2D eigenvalue weighted by Gasteiger charge is -2.32. The fourth-order valence-corrected chi connectivity index (χ4v) is 2.76. The normalized spacial score (nSPS) is 16.4. The maximum absolute atomic E-state index is 12.5. The molecule has 1 amide bonds. The molecule has 0 saturated carbocycles. The average Bonchev–Trinajstić information content (AvgIpc) is 2.36. The summed E-state index contributed by atoms with van der Waals surface area (Å²) in [6, 6.07) is 5.93. The molecule has 1 atom stereocenters. The second-order valence-electron chi connectivity index (χ2n) is 5.96. The Labute approximate surface area is 115 Å². The van der Waals surface area contributed by atoms with Crippen molar-refractivity contribution in [2.45, 2.75) is 46.1 Å². The molecule has 0 saturated heterocycles. The van der Waals surface area contributed by atoms with Gasteiger partial charge in [0.05, 0.1) is 6.04 Å². The van der Waals surface area contributed by atoms with E-state index in [1.54, 1.807) is 0 Å². The van der Waals surface area contributed by atoms with Gasteiger partial charge in [0.1, 0.15) is 0 Å². The van der Waals surface area contributed by atoms with Gasteiger partial charge in [0.2, 0.25) is 5.91 Å². The number of carbonyl (C=O) groups is 1. The molecule has 0 fully saturated rings. The third-order valence-electron chi connectivity index (χ3n) is 3.66. The Morgan fingerprint density at radius 3 is 2.84 bits per heavy atom. The summed E-state index contributed by atoms with van der Waals surface area (Å²) in [5.41, 5.74) is 9.63. The molecule has 104 valence electrons. The Hall–Kier alpha value is -1.35. The van der Waals surface area contributed by atoms with Crippen molar-refractivity contribution in [2.75, 3.05) is 11.4 Å². The lowest BCUT2D eigenvalue weighted by atomic mass is 9.97. The van der Waals surface area contributed by atoms with Crippen LogP contribution in [0.15, 0.2) is 18.2 Å². The van der Waals surface area contributed by atoms with Gasteiger partial charge < -0.3 is 10.6 Å². The second kappa shape index (κ2) is 5.74. The van der Waals surface area contributed by atoms with Crippen molar-refractivity contribution in [1.29, 1.82) is 0 Å². The largest absolute Gasteiger partial charge is 0.320 e. The molecule has 0 unspecified atom stereocenters. The maximum Gasteiger partial charge on any atom is 0.243 e. The van der Waals surface area contributed by atoms with E-state index in [0.29, 0.717) is 5.92 Å². The van der Waals surface area contributed by atoms with Crippen molar-refractivity contribution in [3.63, 3.8) is 0 Å². The molecule has 0 radical (unpaired) electrons. The number of nitrogens with two attached hydrogens (primary N) is 1. The van der Waals surface area contributed by atoms with Crippen LogP contribution < -0.4 is 10.6 Å². The predicted octanol–water partition coefficient (Wildman–Crippen LogP) is 2.65. The average molecular weight is 260 g/mol. The van der Waals surface area contributed by atoms with Crippen LogP contribution in [0.2, 0.25) is 0 Å². The number of amides is 1. The van der Waals surface area contributed by atoms with Crippen LogP contribution >= 0.6 is 0 Å². The van der Waals surface area contributed by atoms with E-state index in [1.807, 2.05) is 4.90 Å². The van der Waals surface area contributed by atoms with Crippen LogP contribution in [-0.2, 0) is 11.2 Å². The molecule has 1 aromatic carbocycles. The number of anilines is 1. The van der Waals surface area contributed by atoms with E-state index in [4.69, 9.17) is 5.73 Å². The van der Waals surface area contributed by atoms with Crippen molar-refractivity contribution in [3.8, 4) is 0 Å². The highest BCUT2D eigenvalue weighted by molar-refractivity contribution is 5.98. The minimum Gasteiger partial charge on any atom is -0.320 e. The number of hydrogen-bond donors (Lipinski definition) is 1. The standard InChI is InChI=1S/C16H24N2O/c1-11(2)9-14(17)16(19)18-8-4-5-13-10-12(3)6-7-15(13)18/h6-7,10-11,14H,4-5,8-9,17H2,1-3H3/t14-/m0/s1. The highest BCUT2D eigenvalue weighted by Gasteiger charge is 2.26. The Morgan fingerprint density at radius 1 is 1.42 bits per heavy atom. The molecule has 19 heavy (non-hydrogen) atoms. The Balaban J connectivity index is 2.21. The highest BCUT2D eigenvalue weighted by Crippen LogP contribution is 2.28. The van der Waals surface area contributed by atoms with Crippen molar-refractivity contribution in [2.24, 2.45) is 11.7 Å². The molecule has 3 heteroatoms. The fourth-order valence-electron chi connectivity index (χ4n) is 2.76. The number of aryl methyl sites for hydroxylation is 2. The first-order chi connectivity index (χ1) is 8.99. The van der Waals surface area contributed by atoms with Gasteiger partial charge in [-0.3, -0.25) is 4.79 Å². The van der Waals surface area contributed by atoms with Crippen molar-refractivity contribution < 1.29 is 4.79 Å². The summed E-state index contributed by atoms with van der Waals surface area (Å²) in [4.78, 5) is 14.4. The first-order valence-electron chi connectivity index (χ1n) is 7.15. The quantitative estimate of drug-likeness (QED) is 0.908. The molecule has 0 bridgehead atoms. The van der Waals surface area contributed by atoms with Gasteiger partial charge in [0, 0.05) is 12.2 Å². The molecule has 0 aliphatic carbocycles. The van der Waals surface area contributed by atoms with Crippen LogP contribution in [0.5, 0.6) is 0 Å². The van der Waals surface area contributed by atoms with E-state index in [2.05, 4.69) is 39.0 Å². The lowest BCUT2D eigenvalue weighted by Crippen LogP contribution is -2.46. The molecule has 1 heterocycles. The van der Waals surface area contributed by atoms with E-state index in [-0.39, 0.29) is 11.9 Å². The lowest BCUT2D eigenvalue weighted by molar-refractivity contribution is -0.120. The molecule has 0 aromatic heterocycles. The summed E-state index contributed by atoms with van der Waals surface area (Å²) in [6.45, 7) is 7.08. The molecular weight excluding hydrogens is 236 g/mol. The first-order valence-corrected chi connectivity index (χ1v) is 7.15. The number of benzene rings is 1. The third kappa shape index (κ3) is 3.16. The number of hydrogen-bond acceptors (Lipinski definition) is 2. The van der Waals surface area contributed by atoms with Gasteiger partial charge in [-0.2, -0.15) is 0 Å². The number of rotatable bonds is 3. The molecule has 1 aromatic rings. The van der Waals surface area contributed by atoms with Crippen LogP contribution in [0.4, 0.5) is 5.69 Å². The Kier molecular flexibility index (Phi) is 4.25. The van der Waals surface area contributed by atoms with E-state index >= 15 is 0 Å². The minimum absolute atomic E-state index is 0.0681. The molecule has 1 aliphatic heterocycles. The van der Waals surface area contributed by atoms with Gasteiger partial charge >= 0.3 is 0 Å². The zero-order valence-electron chi connectivity index (χ0n) is 12.1. The molecular formula is C16H24N2O. The van der Waals surface area contributed by atoms with Gasteiger partial charge in [-0.15, -0.1) is 0 Å². The highest BCUT2D eigenvalue weighted by atomic mass is 16.2. The first kappa shape index (κ1) is 14.1. The zero-order chi connectivity index (χ0) is 14.0. The Bertz CT molecular complexity index is 468. The summed E-state index contributed by atoms with van der Waals surface area (Å²) in [5, 5.41) is 0. The monoisotopic (exact) mass is 260 g/mol. The van der Waals surface area contributed by atoms with Crippen molar-refractivity contribution in [3.05, 3.63) is 29.3 Å². The van der Waals surface area contributed by atoms with Crippen LogP contribution in [-0.4, -0.2) is 18.5 Å².